The number of benzene rings is 1. The number of rotatable bonds is 4. The zero-order valence-electron chi connectivity index (χ0n) is 14.3. The number of amides is 2. The average molecular weight is 360 g/mol. The van der Waals surface area contributed by atoms with Crippen molar-refractivity contribution in [3.8, 4) is 0 Å². The summed E-state index contributed by atoms with van der Waals surface area (Å²) in [5, 5.41) is 5.40. The van der Waals surface area contributed by atoms with Crippen LogP contribution in [0.1, 0.15) is 22.8 Å². The van der Waals surface area contributed by atoms with E-state index >= 15 is 0 Å². The molecule has 1 aromatic carbocycles. The minimum absolute atomic E-state index is 0.0630. The molecule has 136 valence electrons. The largest absolute Gasteiger partial charge is 0.351 e. The Bertz CT molecular complexity index is 866. The van der Waals surface area contributed by atoms with Crippen molar-refractivity contribution in [1.29, 1.82) is 0 Å². The number of hydrogen-bond donors (Lipinski definition) is 2. The van der Waals surface area contributed by atoms with E-state index in [4.69, 9.17) is 0 Å². The normalized spacial score (nSPS) is 13.9. The van der Waals surface area contributed by atoms with Crippen molar-refractivity contribution in [2.45, 2.75) is 19.9 Å². The minimum atomic E-state index is -0.817. The molecular weight excluding hydrogens is 342 g/mol. The van der Waals surface area contributed by atoms with Crippen molar-refractivity contribution in [2.75, 3.05) is 18.4 Å². The molecule has 2 aromatic rings. The number of aromatic nitrogens is 1. The van der Waals surface area contributed by atoms with Gasteiger partial charge >= 0.3 is 0 Å². The van der Waals surface area contributed by atoms with Gasteiger partial charge in [-0.05, 0) is 24.6 Å². The molecule has 0 aliphatic carbocycles. The van der Waals surface area contributed by atoms with E-state index in [2.05, 4.69) is 15.6 Å². The molecule has 1 aromatic heterocycles. The Balaban J connectivity index is 1.79. The summed E-state index contributed by atoms with van der Waals surface area (Å²) < 4.78 is 28.3. The van der Waals surface area contributed by atoms with Gasteiger partial charge in [-0.2, -0.15) is 0 Å². The maximum Gasteiger partial charge on any atom is 0.256 e. The first-order valence-corrected chi connectivity index (χ1v) is 8.08. The summed E-state index contributed by atoms with van der Waals surface area (Å²) in [7, 11) is 0. The van der Waals surface area contributed by atoms with Crippen LogP contribution in [0.5, 0.6) is 0 Å². The summed E-state index contributed by atoms with van der Waals surface area (Å²) in [5.41, 5.74) is 0.668. The fraction of sp³-hybridized carbons (Fsp3) is 0.278. The molecule has 1 aliphatic rings. The number of anilines is 2. The highest BCUT2D eigenvalue weighted by Gasteiger charge is 2.31. The SMILES string of the molecule is CC(=O)N1CC(NC(=O)c2c(F)cncc2Nc2ccc(C)cc2F)C1. The lowest BCUT2D eigenvalue weighted by Crippen LogP contribution is -2.60. The van der Waals surface area contributed by atoms with Crippen LogP contribution in [-0.4, -0.2) is 40.8 Å². The minimum Gasteiger partial charge on any atom is -0.351 e. The van der Waals surface area contributed by atoms with Crippen molar-refractivity contribution >= 4 is 23.2 Å². The molecule has 1 fully saturated rings. The second-order valence-electron chi connectivity index (χ2n) is 6.25. The fourth-order valence-corrected chi connectivity index (χ4v) is 2.71. The summed E-state index contributed by atoms with van der Waals surface area (Å²) in [6, 6.07) is 4.29. The molecule has 2 N–H and O–H groups in total. The molecule has 0 bridgehead atoms. The van der Waals surface area contributed by atoms with Gasteiger partial charge in [-0.3, -0.25) is 14.6 Å². The molecule has 0 spiro atoms. The Morgan fingerprint density at radius 1 is 1.15 bits per heavy atom. The lowest BCUT2D eigenvalue weighted by atomic mass is 10.1. The molecule has 8 heteroatoms. The Kier molecular flexibility index (Phi) is 4.83. The molecule has 0 atom stereocenters. The van der Waals surface area contributed by atoms with E-state index in [9.17, 15) is 18.4 Å². The van der Waals surface area contributed by atoms with Gasteiger partial charge in [0.1, 0.15) is 11.4 Å². The van der Waals surface area contributed by atoms with Crippen molar-refractivity contribution < 1.29 is 18.4 Å². The van der Waals surface area contributed by atoms with Gasteiger partial charge in [-0.1, -0.05) is 6.07 Å². The lowest BCUT2D eigenvalue weighted by molar-refractivity contribution is -0.133. The van der Waals surface area contributed by atoms with Crippen LogP contribution < -0.4 is 10.6 Å². The summed E-state index contributed by atoms with van der Waals surface area (Å²) in [5.74, 6) is -2.06. The standard InChI is InChI=1S/C18H18F2N4O2/c1-10-3-4-15(13(19)5-10)23-16-7-21-6-14(20)17(16)18(26)22-12-8-24(9-12)11(2)25/h3-7,12,23H,8-9H2,1-2H3,(H,22,26). The maximum atomic E-state index is 14.2. The lowest BCUT2D eigenvalue weighted by Gasteiger charge is -2.38. The molecule has 1 aliphatic heterocycles. The van der Waals surface area contributed by atoms with Crippen LogP contribution in [0.4, 0.5) is 20.2 Å². The van der Waals surface area contributed by atoms with Gasteiger partial charge in [0.05, 0.1) is 29.8 Å². The highest BCUT2D eigenvalue weighted by Crippen LogP contribution is 2.25. The van der Waals surface area contributed by atoms with E-state index in [1.165, 1.54) is 25.3 Å². The molecule has 2 heterocycles. The van der Waals surface area contributed by atoms with Gasteiger partial charge in [0.25, 0.3) is 5.91 Å². The van der Waals surface area contributed by atoms with Crippen LogP contribution in [0.15, 0.2) is 30.6 Å². The average Bonchev–Trinajstić information content (AvgIpc) is 2.52. The first-order valence-electron chi connectivity index (χ1n) is 8.08. The third-order valence-corrected chi connectivity index (χ3v) is 4.18. The number of pyridine rings is 1. The topological polar surface area (TPSA) is 74.3 Å². The third kappa shape index (κ3) is 3.63. The number of nitrogens with zero attached hydrogens (tertiary/aromatic N) is 2. The smallest absolute Gasteiger partial charge is 0.256 e. The first-order chi connectivity index (χ1) is 12.3. The zero-order valence-corrected chi connectivity index (χ0v) is 14.3. The monoisotopic (exact) mass is 360 g/mol. The number of nitrogens with one attached hydrogen (secondary N) is 2. The van der Waals surface area contributed by atoms with Crippen LogP contribution in [-0.2, 0) is 4.79 Å². The number of aryl methyl sites for hydroxylation is 1. The quantitative estimate of drug-likeness (QED) is 0.878. The van der Waals surface area contributed by atoms with Gasteiger partial charge < -0.3 is 15.5 Å². The highest BCUT2D eigenvalue weighted by atomic mass is 19.1. The van der Waals surface area contributed by atoms with Crippen molar-refractivity contribution in [3.05, 3.63) is 53.4 Å². The molecule has 0 radical (unpaired) electrons. The van der Waals surface area contributed by atoms with E-state index in [1.54, 1.807) is 17.9 Å². The van der Waals surface area contributed by atoms with Gasteiger partial charge in [0.15, 0.2) is 5.82 Å². The van der Waals surface area contributed by atoms with Crippen molar-refractivity contribution in [3.63, 3.8) is 0 Å². The van der Waals surface area contributed by atoms with E-state index in [0.717, 1.165) is 11.8 Å². The van der Waals surface area contributed by atoms with E-state index < -0.39 is 17.5 Å². The summed E-state index contributed by atoms with van der Waals surface area (Å²) in [6.45, 7) is 3.95. The Hall–Kier alpha value is -3.03. The van der Waals surface area contributed by atoms with Gasteiger partial charge in [0.2, 0.25) is 5.91 Å². The third-order valence-electron chi connectivity index (χ3n) is 4.18. The second-order valence-corrected chi connectivity index (χ2v) is 6.25. The summed E-state index contributed by atoms with van der Waals surface area (Å²) >= 11 is 0. The molecule has 26 heavy (non-hydrogen) atoms. The van der Waals surface area contributed by atoms with E-state index in [1.807, 2.05) is 0 Å². The first kappa shape index (κ1) is 17.8. The van der Waals surface area contributed by atoms with E-state index in [0.29, 0.717) is 13.1 Å². The molecular formula is C18H18F2N4O2. The predicted molar refractivity (Wildman–Crippen MR) is 92.1 cm³/mol. The molecule has 3 rings (SSSR count). The zero-order chi connectivity index (χ0) is 18.8. The number of carbonyl (C=O) groups excluding carboxylic acids is 2. The maximum absolute atomic E-state index is 14.2. The van der Waals surface area contributed by atoms with Gasteiger partial charge in [-0.15, -0.1) is 0 Å². The summed E-state index contributed by atoms with van der Waals surface area (Å²) in [6.07, 6.45) is 2.19. The predicted octanol–water partition coefficient (Wildman–Crippen LogP) is 2.37. The fourth-order valence-electron chi connectivity index (χ4n) is 2.71. The van der Waals surface area contributed by atoms with Crippen molar-refractivity contribution in [2.24, 2.45) is 0 Å². The van der Waals surface area contributed by atoms with Crippen molar-refractivity contribution in [1.82, 2.24) is 15.2 Å². The number of hydrogen-bond acceptors (Lipinski definition) is 4. The molecule has 6 nitrogen and oxygen atoms in total. The van der Waals surface area contributed by atoms with Crippen LogP contribution in [0.25, 0.3) is 0 Å². The molecule has 0 unspecified atom stereocenters. The molecule has 1 saturated heterocycles. The summed E-state index contributed by atoms with van der Waals surface area (Å²) in [4.78, 5) is 29.0. The van der Waals surface area contributed by atoms with Crippen LogP contribution in [0.3, 0.4) is 0 Å². The van der Waals surface area contributed by atoms with Crippen LogP contribution >= 0.6 is 0 Å². The van der Waals surface area contributed by atoms with Crippen LogP contribution in [0, 0.1) is 18.6 Å². The number of carbonyl (C=O) groups is 2. The van der Waals surface area contributed by atoms with Gasteiger partial charge in [-0.25, -0.2) is 8.78 Å². The van der Waals surface area contributed by atoms with E-state index in [-0.39, 0.29) is 28.9 Å². The number of halogens is 2. The molecule has 0 saturated carbocycles. The van der Waals surface area contributed by atoms with Gasteiger partial charge in [0, 0.05) is 20.0 Å². The highest BCUT2D eigenvalue weighted by molar-refractivity contribution is 6.00. The van der Waals surface area contributed by atoms with Crippen LogP contribution in [0.2, 0.25) is 0 Å². The molecule has 2 amide bonds. The Labute approximate surface area is 149 Å². The second kappa shape index (κ2) is 7.07. The number of likely N-dealkylation sites (tertiary alicyclic amines) is 1. The Morgan fingerprint density at radius 3 is 2.54 bits per heavy atom. The Morgan fingerprint density at radius 2 is 1.88 bits per heavy atom.